The van der Waals surface area contributed by atoms with Crippen LogP contribution in [-0.4, -0.2) is 17.6 Å². The van der Waals surface area contributed by atoms with Crippen molar-refractivity contribution in [1.29, 1.82) is 0 Å². The molecular formula is C62H63IrN4Si. The quantitative estimate of drug-likeness (QED) is 0.101. The van der Waals surface area contributed by atoms with Gasteiger partial charge in [-0.1, -0.05) is 194 Å². The monoisotopic (exact) mass is 1090 g/mol. The van der Waals surface area contributed by atoms with Crippen LogP contribution in [-0.2, 0) is 26.5 Å². The number of anilines is 2. The molecule has 1 unspecified atom stereocenters. The Labute approximate surface area is 424 Å². The summed E-state index contributed by atoms with van der Waals surface area (Å²) >= 11 is 0. The number of nitrogens with zero attached hydrogens (tertiary/aromatic N) is 4. The van der Waals surface area contributed by atoms with Gasteiger partial charge in [-0.15, -0.1) is 40.4 Å². The third-order valence-corrected chi connectivity index (χ3v) is 15.0. The number of aryl methyl sites for hydroxylation is 1. The van der Waals surface area contributed by atoms with Crippen molar-refractivity contribution in [3.05, 3.63) is 209 Å². The van der Waals surface area contributed by atoms with Crippen LogP contribution in [0.5, 0.6) is 0 Å². The van der Waals surface area contributed by atoms with Gasteiger partial charge in [-0.2, -0.15) is 23.8 Å². The van der Waals surface area contributed by atoms with Crippen molar-refractivity contribution in [2.45, 2.75) is 92.5 Å². The molecule has 68 heavy (non-hydrogen) atoms. The van der Waals surface area contributed by atoms with E-state index in [1.807, 2.05) is 42.6 Å². The summed E-state index contributed by atoms with van der Waals surface area (Å²) in [6.45, 7) is 18.5. The Morgan fingerprint density at radius 1 is 0.691 bits per heavy atom. The van der Waals surface area contributed by atoms with E-state index in [4.69, 9.17) is 14.4 Å². The molecule has 0 N–H and O–H groups in total. The minimum absolute atomic E-state index is 0. The predicted molar refractivity (Wildman–Crippen MR) is 289 cm³/mol. The number of hydrogen-bond acceptors (Lipinski definition) is 2. The molecule has 9 aromatic rings. The molecule has 0 radical (unpaired) electrons. The topological polar surface area (TPSA) is 35.2 Å². The number of rotatable bonds is 10. The van der Waals surface area contributed by atoms with Gasteiger partial charge in [0.15, 0.2) is 0 Å². The first-order chi connectivity index (χ1) is 33.5. The second-order valence-electron chi connectivity index (χ2n) is 19.9. The van der Waals surface area contributed by atoms with Crippen molar-refractivity contribution < 1.29 is 24.2 Å². The zero-order valence-corrected chi connectivity index (χ0v) is 44.1. The van der Waals surface area contributed by atoms with Gasteiger partial charge < -0.3 is 19.8 Å². The summed E-state index contributed by atoms with van der Waals surface area (Å²) in [6.07, 6.45) is 2.85. The van der Waals surface area contributed by atoms with Gasteiger partial charge in [-0.25, -0.2) is 0 Å². The van der Waals surface area contributed by atoms with Gasteiger partial charge in [0.05, 0.1) is 8.07 Å². The number of fused-ring (bicyclic) bond motifs is 4. The Bertz CT molecular complexity index is 3270. The van der Waals surface area contributed by atoms with Crippen LogP contribution >= 0.6 is 0 Å². The van der Waals surface area contributed by atoms with Crippen LogP contribution < -0.4 is 10.1 Å². The van der Waals surface area contributed by atoms with Crippen molar-refractivity contribution in [3.8, 4) is 28.1 Å². The second kappa shape index (κ2) is 20.3. The SMILES string of the molecule is CC(C)c1cccc(C(C)C)c1N1c2ccccc2[N-]C1c1[c-]cc2c(c1)c1ccccc1n2-c1ccccc1.[2H]C([2H])([2H])c1c[c-]c(-c2cc(CC(C)C)c([Si](C)(C)C)cn2)cc1-c1ccccc1.[Ir+3]. The molecule has 0 saturated heterocycles. The van der Waals surface area contributed by atoms with E-state index in [1.54, 1.807) is 6.07 Å². The summed E-state index contributed by atoms with van der Waals surface area (Å²) in [5, 5.41) is 9.17. The van der Waals surface area contributed by atoms with E-state index in [0.29, 0.717) is 28.9 Å². The molecule has 0 bridgehead atoms. The Morgan fingerprint density at radius 2 is 1.35 bits per heavy atom. The van der Waals surface area contributed by atoms with Crippen LogP contribution in [0.15, 0.2) is 164 Å². The number of para-hydroxylation sites is 5. The van der Waals surface area contributed by atoms with E-state index in [9.17, 15) is 0 Å². The van der Waals surface area contributed by atoms with Crippen LogP contribution in [0, 0.1) is 24.9 Å². The molecule has 2 aromatic heterocycles. The fourth-order valence-corrected chi connectivity index (χ4v) is 11.3. The molecule has 1 aliphatic rings. The fraction of sp³-hybridized carbons (Fsp3) is 0.242. The Balaban J connectivity index is 0.000000196. The molecule has 4 nitrogen and oxygen atoms in total. The molecule has 3 heterocycles. The molecule has 6 heteroatoms. The van der Waals surface area contributed by atoms with Crippen LogP contribution in [0.4, 0.5) is 17.1 Å². The molecule has 0 amide bonds. The number of aromatic nitrogens is 2. The first-order valence-corrected chi connectivity index (χ1v) is 27.3. The maximum absolute atomic E-state index is 7.95. The van der Waals surface area contributed by atoms with Crippen LogP contribution in [0.2, 0.25) is 19.6 Å². The molecule has 0 spiro atoms. The molecule has 0 aliphatic carbocycles. The normalized spacial score (nSPS) is 14.3. The minimum atomic E-state index is -2.20. The van der Waals surface area contributed by atoms with Gasteiger partial charge in [0, 0.05) is 32.9 Å². The molecule has 1 atom stereocenters. The Kier molecular flexibility index (Phi) is 13.3. The van der Waals surface area contributed by atoms with Crippen molar-refractivity contribution in [2.75, 3.05) is 4.90 Å². The van der Waals surface area contributed by atoms with Gasteiger partial charge >= 0.3 is 20.1 Å². The van der Waals surface area contributed by atoms with Crippen molar-refractivity contribution >= 4 is 52.1 Å². The van der Waals surface area contributed by atoms with Crippen molar-refractivity contribution in [2.24, 2.45) is 5.92 Å². The largest absolute Gasteiger partial charge is 3.00 e. The van der Waals surface area contributed by atoms with E-state index in [0.717, 1.165) is 51.4 Å². The summed E-state index contributed by atoms with van der Waals surface area (Å²) in [5.74, 6) is 1.33. The summed E-state index contributed by atoms with van der Waals surface area (Å²) in [7, 11) is -1.51. The summed E-state index contributed by atoms with van der Waals surface area (Å²) in [4.78, 5) is 7.24. The molecule has 0 saturated carbocycles. The third kappa shape index (κ3) is 9.65. The number of pyridine rings is 1. The van der Waals surface area contributed by atoms with Gasteiger partial charge in [0.25, 0.3) is 0 Å². The first-order valence-electron chi connectivity index (χ1n) is 25.3. The maximum Gasteiger partial charge on any atom is 3.00 e. The summed E-state index contributed by atoms with van der Waals surface area (Å²) < 4.78 is 26.2. The number of benzene rings is 7. The van der Waals surface area contributed by atoms with Gasteiger partial charge in [-0.05, 0) is 87.6 Å². The second-order valence-corrected chi connectivity index (χ2v) is 25.0. The van der Waals surface area contributed by atoms with E-state index in [1.165, 1.54) is 43.9 Å². The van der Waals surface area contributed by atoms with Gasteiger partial charge in [-0.3, -0.25) is 0 Å². The standard InChI is InChI=1S/C37H33N3.C25H30NSi.Ir/c1-24(2)28-16-12-17-29(25(3)4)36(28)40-35-20-11-9-18-32(35)38-37(40)26-21-22-34-31(23-26)30-15-8-10-19-33(30)39(34)27-13-6-5-7-14-27;1-18(2)14-22-16-24(26-17-25(22)27(4,5)6)21-13-12-19(3)23(15-21)20-10-8-7-9-11-20;/h5-20,22-25,37H,1-4H3;7-12,15-18H,14H2,1-6H3;/q-2;-1;+3/i;3D3;. The average molecular weight is 1090 g/mol. The maximum atomic E-state index is 7.95. The zero-order chi connectivity index (χ0) is 49.5. The van der Waals surface area contributed by atoms with Gasteiger partial charge in [0.2, 0.25) is 0 Å². The van der Waals surface area contributed by atoms with E-state index < -0.39 is 14.9 Å². The van der Waals surface area contributed by atoms with E-state index in [2.05, 4.69) is 198 Å². The smallest absolute Gasteiger partial charge is 0.661 e. The average Bonchev–Trinajstić information content (AvgIpc) is 3.89. The predicted octanol–water partition coefficient (Wildman–Crippen LogP) is 17.0. The van der Waals surface area contributed by atoms with Crippen LogP contribution in [0.1, 0.15) is 91.5 Å². The number of hydrogen-bond donors (Lipinski definition) is 0. The van der Waals surface area contributed by atoms with Crippen LogP contribution in [0.25, 0.3) is 55.2 Å². The third-order valence-electron chi connectivity index (χ3n) is 12.9. The van der Waals surface area contributed by atoms with Crippen molar-refractivity contribution in [3.63, 3.8) is 0 Å². The fourth-order valence-electron chi connectivity index (χ4n) is 9.70. The first kappa shape index (κ1) is 44.5. The van der Waals surface area contributed by atoms with Crippen molar-refractivity contribution in [1.82, 2.24) is 9.55 Å². The molecule has 10 rings (SSSR count). The van der Waals surface area contributed by atoms with E-state index in [-0.39, 0.29) is 26.3 Å². The minimum Gasteiger partial charge on any atom is -0.661 e. The van der Waals surface area contributed by atoms with Gasteiger partial charge in [0.1, 0.15) is 0 Å². The molecule has 344 valence electrons. The zero-order valence-electron chi connectivity index (χ0n) is 43.7. The molecular weight excluding hydrogens is 1020 g/mol. The summed E-state index contributed by atoms with van der Waals surface area (Å²) in [6, 6.07) is 61.4. The Hall–Kier alpha value is -6.04. The molecule has 7 aromatic carbocycles. The van der Waals surface area contributed by atoms with Crippen LogP contribution in [0.3, 0.4) is 0 Å². The van der Waals surface area contributed by atoms with E-state index >= 15 is 0 Å². The summed E-state index contributed by atoms with van der Waals surface area (Å²) in [5.41, 5.74) is 15.7. The molecule has 0 fully saturated rings. The molecule has 1 aliphatic heterocycles. The Morgan fingerprint density at radius 3 is 2.03 bits per heavy atom.